The maximum atomic E-state index is 13.0. The van der Waals surface area contributed by atoms with E-state index in [9.17, 15) is 13.2 Å². The van der Waals surface area contributed by atoms with Crippen molar-refractivity contribution >= 4 is 27.3 Å². The van der Waals surface area contributed by atoms with Gasteiger partial charge in [0.25, 0.3) is 5.91 Å². The Bertz CT molecular complexity index is 969. The highest BCUT2D eigenvalue weighted by molar-refractivity contribution is 7.92. The van der Waals surface area contributed by atoms with Gasteiger partial charge >= 0.3 is 0 Å². The third kappa shape index (κ3) is 5.33. The topological polar surface area (TPSA) is 66.9 Å². The van der Waals surface area contributed by atoms with Crippen LogP contribution in [0.25, 0.3) is 0 Å². The van der Waals surface area contributed by atoms with Crippen LogP contribution in [-0.4, -0.2) is 68.7 Å². The van der Waals surface area contributed by atoms with E-state index in [0.29, 0.717) is 24.7 Å². The molecule has 1 heterocycles. The third-order valence-corrected chi connectivity index (χ3v) is 7.66. The standard InChI is InChI=1S/C22H27ClN2O4S/c1-17(2)30(27,28)21-6-4-3-5-20(21)22(26)25-13-11-24(12-14-25)15-16-29-19-9-7-18(23)8-10-19/h3-10,17H,11-16H2,1-2H3. The monoisotopic (exact) mass is 450 g/mol. The first-order valence-corrected chi connectivity index (χ1v) is 11.9. The first-order chi connectivity index (χ1) is 14.3. The van der Waals surface area contributed by atoms with Crippen LogP contribution in [0.5, 0.6) is 5.75 Å². The lowest BCUT2D eigenvalue weighted by Crippen LogP contribution is -2.49. The molecule has 8 heteroatoms. The second kappa shape index (κ2) is 9.81. The fourth-order valence-corrected chi connectivity index (χ4v) is 4.68. The van der Waals surface area contributed by atoms with Gasteiger partial charge < -0.3 is 9.64 Å². The van der Waals surface area contributed by atoms with Gasteiger partial charge in [0, 0.05) is 37.7 Å². The van der Waals surface area contributed by atoms with Crippen LogP contribution >= 0.6 is 11.6 Å². The van der Waals surface area contributed by atoms with E-state index in [-0.39, 0.29) is 16.4 Å². The molecule has 1 aliphatic heterocycles. The molecule has 0 N–H and O–H groups in total. The molecule has 0 atom stereocenters. The van der Waals surface area contributed by atoms with E-state index in [4.69, 9.17) is 16.3 Å². The van der Waals surface area contributed by atoms with Gasteiger partial charge in [0.1, 0.15) is 12.4 Å². The zero-order valence-electron chi connectivity index (χ0n) is 17.3. The van der Waals surface area contributed by atoms with Gasteiger partial charge in [-0.3, -0.25) is 9.69 Å². The molecule has 2 aromatic rings. The van der Waals surface area contributed by atoms with Gasteiger partial charge in [0.15, 0.2) is 9.84 Å². The molecular formula is C22H27ClN2O4S. The fourth-order valence-electron chi connectivity index (χ4n) is 3.31. The van der Waals surface area contributed by atoms with Gasteiger partial charge in [-0.2, -0.15) is 0 Å². The summed E-state index contributed by atoms with van der Waals surface area (Å²) in [6, 6.07) is 13.7. The Morgan fingerprint density at radius 3 is 2.30 bits per heavy atom. The van der Waals surface area contributed by atoms with Crippen molar-refractivity contribution in [2.45, 2.75) is 24.0 Å². The van der Waals surface area contributed by atoms with Crippen molar-refractivity contribution in [2.24, 2.45) is 0 Å². The Hall–Kier alpha value is -2.09. The van der Waals surface area contributed by atoms with Gasteiger partial charge in [-0.05, 0) is 50.2 Å². The highest BCUT2D eigenvalue weighted by Crippen LogP contribution is 2.22. The molecule has 6 nitrogen and oxygen atoms in total. The normalized spacial score (nSPS) is 15.4. The number of benzene rings is 2. The zero-order valence-corrected chi connectivity index (χ0v) is 18.8. The lowest BCUT2D eigenvalue weighted by Gasteiger charge is -2.35. The molecule has 3 rings (SSSR count). The van der Waals surface area contributed by atoms with Crippen LogP contribution in [0, 0.1) is 0 Å². The zero-order chi connectivity index (χ0) is 21.7. The molecule has 2 aromatic carbocycles. The van der Waals surface area contributed by atoms with E-state index in [1.54, 1.807) is 49.1 Å². The molecule has 1 fully saturated rings. The number of halogens is 1. The molecule has 0 unspecified atom stereocenters. The second-order valence-electron chi connectivity index (χ2n) is 7.53. The minimum absolute atomic E-state index is 0.115. The average Bonchev–Trinajstić information content (AvgIpc) is 2.75. The molecule has 0 aromatic heterocycles. The molecule has 1 aliphatic rings. The fraction of sp³-hybridized carbons (Fsp3) is 0.409. The van der Waals surface area contributed by atoms with E-state index in [0.717, 1.165) is 25.4 Å². The number of nitrogens with zero attached hydrogens (tertiary/aromatic N) is 2. The Morgan fingerprint density at radius 2 is 1.67 bits per heavy atom. The number of amides is 1. The van der Waals surface area contributed by atoms with Crippen molar-refractivity contribution in [3.8, 4) is 5.75 Å². The number of carbonyl (C=O) groups is 1. The molecule has 0 aliphatic carbocycles. The first-order valence-electron chi connectivity index (χ1n) is 10.0. The molecule has 30 heavy (non-hydrogen) atoms. The van der Waals surface area contributed by atoms with Crippen LogP contribution in [-0.2, 0) is 9.84 Å². The van der Waals surface area contributed by atoms with Crippen LogP contribution in [0.15, 0.2) is 53.4 Å². The van der Waals surface area contributed by atoms with Crippen LogP contribution in [0.4, 0.5) is 0 Å². The molecule has 0 bridgehead atoms. The third-order valence-electron chi connectivity index (χ3n) is 5.19. The first kappa shape index (κ1) is 22.6. The smallest absolute Gasteiger partial charge is 0.255 e. The Labute approximate surface area is 183 Å². The van der Waals surface area contributed by atoms with E-state index in [1.807, 2.05) is 12.1 Å². The Balaban J connectivity index is 1.55. The van der Waals surface area contributed by atoms with E-state index >= 15 is 0 Å². The molecule has 1 amide bonds. The maximum Gasteiger partial charge on any atom is 0.255 e. The van der Waals surface area contributed by atoms with Gasteiger partial charge in [-0.1, -0.05) is 23.7 Å². The van der Waals surface area contributed by atoms with Crippen molar-refractivity contribution in [3.05, 3.63) is 59.1 Å². The Kier molecular flexibility index (Phi) is 7.39. The van der Waals surface area contributed by atoms with Gasteiger partial charge in [0.2, 0.25) is 0 Å². The largest absolute Gasteiger partial charge is 0.492 e. The summed E-state index contributed by atoms with van der Waals surface area (Å²) in [7, 11) is -3.53. The molecule has 0 saturated carbocycles. The summed E-state index contributed by atoms with van der Waals surface area (Å²) in [6.45, 7) is 7.09. The lowest BCUT2D eigenvalue weighted by molar-refractivity contribution is 0.0616. The minimum atomic E-state index is -3.53. The maximum absolute atomic E-state index is 13.0. The van der Waals surface area contributed by atoms with Crippen molar-refractivity contribution in [1.29, 1.82) is 0 Å². The van der Waals surface area contributed by atoms with Crippen molar-refractivity contribution in [2.75, 3.05) is 39.3 Å². The summed E-state index contributed by atoms with van der Waals surface area (Å²) in [5.41, 5.74) is 0.255. The van der Waals surface area contributed by atoms with Crippen LogP contribution in [0.1, 0.15) is 24.2 Å². The van der Waals surface area contributed by atoms with E-state index < -0.39 is 15.1 Å². The average molecular weight is 451 g/mol. The summed E-state index contributed by atoms with van der Waals surface area (Å²) in [6.07, 6.45) is 0. The summed E-state index contributed by atoms with van der Waals surface area (Å²) in [4.78, 5) is 17.1. The summed E-state index contributed by atoms with van der Waals surface area (Å²) in [5, 5.41) is 0.0924. The van der Waals surface area contributed by atoms with Crippen molar-refractivity contribution in [1.82, 2.24) is 9.80 Å². The molecular weight excluding hydrogens is 424 g/mol. The number of rotatable bonds is 7. The van der Waals surface area contributed by atoms with Crippen LogP contribution in [0.2, 0.25) is 5.02 Å². The molecule has 0 radical (unpaired) electrons. The van der Waals surface area contributed by atoms with E-state index in [1.165, 1.54) is 6.07 Å². The highest BCUT2D eigenvalue weighted by atomic mass is 35.5. The molecule has 1 saturated heterocycles. The van der Waals surface area contributed by atoms with Crippen LogP contribution in [0.3, 0.4) is 0 Å². The molecule has 162 valence electrons. The van der Waals surface area contributed by atoms with Crippen molar-refractivity contribution < 1.29 is 17.9 Å². The minimum Gasteiger partial charge on any atom is -0.492 e. The second-order valence-corrected chi connectivity index (χ2v) is 10.4. The number of sulfone groups is 1. The quantitative estimate of drug-likeness (QED) is 0.647. The van der Waals surface area contributed by atoms with Gasteiger partial charge in [-0.15, -0.1) is 0 Å². The number of piperazine rings is 1. The summed E-state index contributed by atoms with van der Waals surface area (Å²) < 4.78 is 31.0. The number of carbonyl (C=O) groups excluding carboxylic acids is 1. The summed E-state index contributed by atoms with van der Waals surface area (Å²) >= 11 is 5.87. The molecule has 0 spiro atoms. The van der Waals surface area contributed by atoms with E-state index in [2.05, 4.69) is 4.90 Å². The predicted octanol–water partition coefficient (Wildman–Crippen LogP) is 3.36. The number of hydrogen-bond acceptors (Lipinski definition) is 5. The Morgan fingerprint density at radius 1 is 1.03 bits per heavy atom. The SMILES string of the molecule is CC(C)S(=O)(=O)c1ccccc1C(=O)N1CCN(CCOc2ccc(Cl)cc2)CC1. The lowest BCUT2D eigenvalue weighted by atomic mass is 10.2. The number of ether oxygens (including phenoxy) is 1. The van der Waals surface area contributed by atoms with Gasteiger partial charge in [0.05, 0.1) is 15.7 Å². The van der Waals surface area contributed by atoms with Crippen molar-refractivity contribution in [3.63, 3.8) is 0 Å². The summed E-state index contributed by atoms with van der Waals surface area (Å²) in [5.74, 6) is 0.545. The van der Waals surface area contributed by atoms with Crippen LogP contribution < -0.4 is 4.74 Å². The predicted molar refractivity (Wildman–Crippen MR) is 118 cm³/mol. The van der Waals surface area contributed by atoms with Gasteiger partial charge in [-0.25, -0.2) is 8.42 Å². The highest BCUT2D eigenvalue weighted by Gasteiger charge is 2.29. The number of hydrogen-bond donors (Lipinski definition) is 0.